The van der Waals surface area contributed by atoms with Crippen molar-refractivity contribution >= 4 is 11.8 Å². The van der Waals surface area contributed by atoms with Gasteiger partial charge in [-0.05, 0) is 32.7 Å². The van der Waals surface area contributed by atoms with Gasteiger partial charge < -0.3 is 16.0 Å². The first-order valence-corrected chi connectivity index (χ1v) is 6.38. The summed E-state index contributed by atoms with van der Waals surface area (Å²) in [6, 6.07) is 0. The molecule has 0 spiro atoms. The van der Waals surface area contributed by atoms with E-state index in [1.54, 1.807) is 0 Å². The zero-order valence-corrected chi connectivity index (χ0v) is 10.3. The van der Waals surface area contributed by atoms with Crippen molar-refractivity contribution in [1.29, 1.82) is 0 Å². The lowest BCUT2D eigenvalue weighted by Gasteiger charge is -2.21. The number of carbonyl (C=O) groups is 2. The molecule has 96 valence electrons. The van der Waals surface area contributed by atoms with Crippen LogP contribution >= 0.6 is 0 Å². The van der Waals surface area contributed by atoms with Crippen LogP contribution in [0.25, 0.3) is 0 Å². The molecule has 1 saturated carbocycles. The van der Waals surface area contributed by atoms with Crippen LogP contribution in [0.2, 0.25) is 0 Å². The summed E-state index contributed by atoms with van der Waals surface area (Å²) in [4.78, 5) is 23.2. The van der Waals surface area contributed by atoms with Crippen molar-refractivity contribution in [1.82, 2.24) is 16.0 Å². The fourth-order valence-electron chi connectivity index (χ4n) is 2.08. The van der Waals surface area contributed by atoms with Gasteiger partial charge in [-0.3, -0.25) is 9.59 Å². The third-order valence-corrected chi connectivity index (χ3v) is 3.57. The van der Waals surface area contributed by atoms with Crippen molar-refractivity contribution in [3.8, 4) is 0 Å². The maximum Gasteiger partial charge on any atom is 0.227 e. The Kier molecular flexibility index (Phi) is 3.66. The summed E-state index contributed by atoms with van der Waals surface area (Å²) in [7, 11) is 0. The molecule has 2 fully saturated rings. The van der Waals surface area contributed by atoms with E-state index in [-0.39, 0.29) is 23.1 Å². The largest absolute Gasteiger partial charge is 0.354 e. The van der Waals surface area contributed by atoms with E-state index in [2.05, 4.69) is 16.0 Å². The lowest BCUT2D eigenvalue weighted by molar-refractivity contribution is -0.129. The van der Waals surface area contributed by atoms with E-state index < -0.39 is 0 Å². The summed E-state index contributed by atoms with van der Waals surface area (Å²) in [5.74, 6) is 0.457. The predicted molar refractivity (Wildman–Crippen MR) is 64.3 cm³/mol. The first-order chi connectivity index (χ1) is 8.12. The average Bonchev–Trinajstić information content (AvgIpc) is 3.07. The van der Waals surface area contributed by atoms with Gasteiger partial charge in [-0.15, -0.1) is 0 Å². The molecule has 0 radical (unpaired) electrons. The summed E-state index contributed by atoms with van der Waals surface area (Å²) in [5, 5.41) is 8.91. The van der Waals surface area contributed by atoms with Gasteiger partial charge in [-0.25, -0.2) is 0 Å². The Bertz CT molecular complexity index is 307. The van der Waals surface area contributed by atoms with Gasteiger partial charge in [-0.2, -0.15) is 0 Å². The minimum absolute atomic E-state index is 0.0863. The minimum Gasteiger partial charge on any atom is -0.354 e. The highest BCUT2D eigenvalue weighted by molar-refractivity contribution is 5.83. The fraction of sp³-hybridized carbons (Fsp3) is 0.833. The van der Waals surface area contributed by atoms with Gasteiger partial charge in [0.2, 0.25) is 11.8 Å². The summed E-state index contributed by atoms with van der Waals surface area (Å²) < 4.78 is 0. The maximum atomic E-state index is 11.9. The summed E-state index contributed by atoms with van der Waals surface area (Å²) >= 11 is 0. The number of rotatable bonds is 5. The summed E-state index contributed by atoms with van der Waals surface area (Å²) in [5.41, 5.74) is -0.277. The van der Waals surface area contributed by atoms with Crippen LogP contribution in [0.1, 0.15) is 26.2 Å². The monoisotopic (exact) mass is 239 g/mol. The van der Waals surface area contributed by atoms with E-state index in [1.807, 2.05) is 6.92 Å². The molecule has 0 aromatic heterocycles. The first kappa shape index (κ1) is 12.4. The molecule has 1 atom stereocenters. The van der Waals surface area contributed by atoms with E-state index in [0.29, 0.717) is 13.1 Å². The lowest BCUT2D eigenvalue weighted by Crippen LogP contribution is -2.43. The highest BCUT2D eigenvalue weighted by Crippen LogP contribution is 2.28. The summed E-state index contributed by atoms with van der Waals surface area (Å²) in [6.07, 6.45) is 2.91. The maximum absolute atomic E-state index is 11.9. The van der Waals surface area contributed by atoms with Gasteiger partial charge >= 0.3 is 0 Å². The van der Waals surface area contributed by atoms with Crippen molar-refractivity contribution in [2.45, 2.75) is 26.2 Å². The highest BCUT2D eigenvalue weighted by atomic mass is 16.2. The Morgan fingerprint density at radius 1 is 1.29 bits per heavy atom. The molecule has 0 bridgehead atoms. The molecule has 2 aliphatic rings. The number of carbonyl (C=O) groups excluding carboxylic acids is 2. The molecule has 3 N–H and O–H groups in total. The van der Waals surface area contributed by atoms with Crippen molar-refractivity contribution < 1.29 is 9.59 Å². The Hall–Kier alpha value is -1.10. The van der Waals surface area contributed by atoms with Crippen molar-refractivity contribution in [3.63, 3.8) is 0 Å². The third-order valence-electron chi connectivity index (χ3n) is 3.57. The predicted octanol–water partition coefficient (Wildman–Crippen LogP) is -0.372. The zero-order chi connectivity index (χ0) is 12.3. The summed E-state index contributed by atoms with van der Waals surface area (Å²) in [6.45, 7) is 4.68. The van der Waals surface area contributed by atoms with Gasteiger partial charge in [0, 0.05) is 25.6 Å². The van der Waals surface area contributed by atoms with Crippen LogP contribution in [0.4, 0.5) is 0 Å². The molecule has 1 aliphatic heterocycles. The number of amides is 2. The molecular formula is C12H21N3O2. The van der Waals surface area contributed by atoms with Crippen LogP contribution in [0, 0.1) is 11.3 Å². The second-order valence-corrected chi connectivity index (χ2v) is 5.31. The highest BCUT2D eigenvalue weighted by Gasteiger charge is 2.36. The standard InChI is InChI=1S/C12H21N3O2/c1-12(4-5-13-8-12)11(17)15-7-6-14-10(16)9-2-3-9/h9,13H,2-8H2,1H3,(H,14,16)(H,15,17). The van der Waals surface area contributed by atoms with Crippen LogP contribution in [0.5, 0.6) is 0 Å². The van der Waals surface area contributed by atoms with E-state index in [0.717, 1.165) is 32.4 Å². The van der Waals surface area contributed by atoms with Crippen LogP contribution in [-0.2, 0) is 9.59 Å². The minimum atomic E-state index is -0.277. The molecule has 2 rings (SSSR count). The quantitative estimate of drug-likeness (QED) is 0.573. The molecule has 5 heteroatoms. The van der Waals surface area contributed by atoms with Crippen LogP contribution in [0.15, 0.2) is 0 Å². The average molecular weight is 239 g/mol. The van der Waals surface area contributed by atoms with E-state index >= 15 is 0 Å². The Balaban J connectivity index is 1.61. The second kappa shape index (κ2) is 5.04. The second-order valence-electron chi connectivity index (χ2n) is 5.31. The van der Waals surface area contributed by atoms with Gasteiger partial charge in [0.15, 0.2) is 0 Å². The third kappa shape index (κ3) is 3.19. The zero-order valence-electron chi connectivity index (χ0n) is 10.3. The Labute approximate surface area is 102 Å². The van der Waals surface area contributed by atoms with Gasteiger partial charge in [0.25, 0.3) is 0 Å². The van der Waals surface area contributed by atoms with E-state index in [1.165, 1.54) is 0 Å². The van der Waals surface area contributed by atoms with Crippen molar-refractivity contribution in [2.24, 2.45) is 11.3 Å². The number of hydrogen-bond acceptors (Lipinski definition) is 3. The molecule has 1 unspecified atom stereocenters. The fourth-order valence-corrected chi connectivity index (χ4v) is 2.08. The smallest absolute Gasteiger partial charge is 0.227 e. The number of hydrogen-bond donors (Lipinski definition) is 3. The van der Waals surface area contributed by atoms with Gasteiger partial charge in [0.05, 0.1) is 5.41 Å². The first-order valence-electron chi connectivity index (χ1n) is 6.38. The SMILES string of the molecule is CC1(C(=O)NCCNC(=O)C2CC2)CCNC1. The van der Waals surface area contributed by atoms with Gasteiger partial charge in [0.1, 0.15) is 0 Å². The molecule has 0 aromatic rings. The van der Waals surface area contributed by atoms with E-state index in [4.69, 9.17) is 0 Å². The number of nitrogens with one attached hydrogen (secondary N) is 3. The molecule has 17 heavy (non-hydrogen) atoms. The Morgan fingerprint density at radius 3 is 2.59 bits per heavy atom. The molecule has 5 nitrogen and oxygen atoms in total. The molecule has 1 saturated heterocycles. The molecule has 1 aliphatic carbocycles. The van der Waals surface area contributed by atoms with Crippen LogP contribution in [-0.4, -0.2) is 38.0 Å². The van der Waals surface area contributed by atoms with Crippen molar-refractivity contribution in [3.05, 3.63) is 0 Å². The molecular weight excluding hydrogens is 218 g/mol. The van der Waals surface area contributed by atoms with Crippen LogP contribution in [0.3, 0.4) is 0 Å². The normalized spacial score (nSPS) is 27.8. The molecule has 1 heterocycles. The lowest BCUT2D eigenvalue weighted by atomic mass is 9.89. The van der Waals surface area contributed by atoms with Gasteiger partial charge in [-0.1, -0.05) is 0 Å². The topological polar surface area (TPSA) is 70.2 Å². The van der Waals surface area contributed by atoms with Crippen LogP contribution < -0.4 is 16.0 Å². The molecule has 0 aromatic carbocycles. The van der Waals surface area contributed by atoms with Crippen molar-refractivity contribution in [2.75, 3.05) is 26.2 Å². The van der Waals surface area contributed by atoms with E-state index in [9.17, 15) is 9.59 Å². The Morgan fingerprint density at radius 2 is 2.00 bits per heavy atom. The molecule has 2 amide bonds.